The van der Waals surface area contributed by atoms with Crippen molar-refractivity contribution >= 4 is 23.6 Å². The van der Waals surface area contributed by atoms with E-state index in [4.69, 9.17) is 0 Å². The van der Waals surface area contributed by atoms with Gasteiger partial charge in [0.15, 0.2) is 5.65 Å². The Hall–Kier alpha value is -3.91. The molecule has 15 heteroatoms. The van der Waals surface area contributed by atoms with Crippen LogP contribution in [0.25, 0.3) is 11.7 Å². The fraction of sp³-hybridized carbons (Fsp3) is 0.565. The Kier molecular flexibility index (Phi) is 5.68. The molecule has 1 amide bonds. The average Bonchev–Trinajstić information content (AvgIpc) is 3.77. The van der Waals surface area contributed by atoms with Crippen molar-refractivity contribution in [1.82, 2.24) is 34.9 Å². The summed E-state index contributed by atoms with van der Waals surface area (Å²) < 4.78 is 41.2. The molecule has 3 saturated carbocycles. The highest BCUT2D eigenvalue weighted by Gasteiger charge is 2.68. The summed E-state index contributed by atoms with van der Waals surface area (Å²) in [4.78, 5) is 42.3. The molecule has 0 unspecified atom stereocenters. The van der Waals surface area contributed by atoms with Gasteiger partial charge in [-0.1, -0.05) is 0 Å². The SMILES string of the molecule is O=C(NC1CCC(Nc2nc(=NC3CC3)n3nc/c(=C\c4[nH]c(=O)[nH]c4O)c3n2)CC1)C1(C(F)(F)F)CC1. The summed E-state index contributed by atoms with van der Waals surface area (Å²) in [7, 11) is 0. The third-order valence-corrected chi connectivity index (χ3v) is 7.38. The van der Waals surface area contributed by atoms with Crippen LogP contribution in [-0.4, -0.2) is 64.9 Å². The number of nitrogens with zero attached hydrogens (tertiary/aromatic N) is 5. The van der Waals surface area contributed by atoms with E-state index in [-0.39, 0.29) is 42.5 Å². The quantitative estimate of drug-likeness (QED) is 0.310. The average molecular weight is 534 g/mol. The minimum absolute atomic E-state index is 0.0442. The molecule has 0 saturated heterocycles. The van der Waals surface area contributed by atoms with E-state index in [1.165, 1.54) is 16.8 Å². The van der Waals surface area contributed by atoms with Crippen LogP contribution in [0.2, 0.25) is 0 Å². The van der Waals surface area contributed by atoms with Crippen LogP contribution in [0.1, 0.15) is 57.1 Å². The van der Waals surface area contributed by atoms with E-state index in [1.54, 1.807) is 0 Å². The molecule has 202 valence electrons. The molecule has 5 N–H and O–H groups in total. The fourth-order valence-electron chi connectivity index (χ4n) is 4.80. The number of fused-ring (bicyclic) bond motifs is 1. The number of aromatic hydroxyl groups is 1. The number of aromatic amines is 2. The molecule has 6 rings (SSSR count). The van der Waals surface area contributed by atoms with Crippen LogP contribution < -0.4 is 27.2 Å². The Morgan fingerprint density at radius 1 is 1.13 bits per heavy atom. The molecule has 0 spiro atoms. The fourth-order valence-corrected chi connectivity index (χ4v) is 4.80. The number of anilines is 1. The normalized spacial score (nSPS) is 24.1. The summed E-state index contributed by atoms with van der Waals surface area (Å²) in [6.45, 7) is 0. The maximum absolute atomic E-state index is 13.2. The van der Waals surface area contributed by atoms with Crippen LogP contribution in [0, 0.1) is 5.41 Å². The number of hydrogen-bond acceptors (Lipinski definition) is 8. The van der Waals surface area contributed by atoms with Crippen LogP contribution in [0.4, 0.5) is 19.1 Å². The standard InChI is InChI=1S/C23H26F3N9O3/c24-23(25,26)22(7-8-22)18(37)28-12-1-3-13(4-2-12)29-19-32-16-11(9-15-17(36)33-21(38)31-15)10-27-35(16)20(34-19)30-14-5-6-14/h9-10,12-14,36H,1-8H2,(H,28,37)(H,29,30,34)(H2,31,33,38)/b11-9+. The van der Waals surface area contributed by atoms with Crippen LogP contribution in [0.3, 0.4) is 0 Å². The van der Waals surface area contributed by atoms with Crippen molar-refractivity contribution in [3.8, 4) is 5.88 Å². The molecule has 38 heavy (non-hydrogen) atoms. The van der Waals surface area contributed by atoms with Crippen molar-refractivity contribution in [1.29, 1.82) is 0 Å². The van der Waals surface area contributed by atoms with E-state index in [0.29, 0.717) is 48.1 Å². The van der Waals surface area contributed by atoms with Gasteiger partial charge in [0.2, 0.25) is 17.7 Å². The van der Waals surface area contributed by atoms with Gasteiger partial charge in [0, 0.05) is 17.3 Å². The first-order chi connectivity index (χ1) is 18.1. The lowest BCUT2D eigenvalue weighted by molar-refractivity contribution is -0.192. The molecule has 3 aromatic rings. The second-order valence-electron chi connectivity index (χ2n) is 10.3. The van der Waals surface area contributed by atoms with Crippen molar-refractivity contribution in [3.63, 3.8) is 0 Å². The second kappa shape index (κ2) is 8.84. The number of nitrogens with one attached hydrogen (secondary N) is 4. The van der Waals surface area contributed by atoms with Crippen molar-refractivity contribution in [2.45, 2.75) is 75.7 Å². The number of aromatic nitrogens is 6. The van der Waals surface area contributed by atoms with E-state index in [1.807, 2.05) is 0 Å². The third kappa shape index (κ3) is 4.60. The summed E-state index contributed by atoms with van der Waals surface area (Å²) in [5, 5.41) is 20.7. The molecule has 3 aromatic heterocycles. The van der Waals surface area contributed by atoms with Crippen LogP contribution in [-0.2, 0) is 4.79 Å². The Morgan fingerprint density at radius 3 is 2.45 bits per heavy atom. The zero-order valence-corrected chi connectivity index (χ0v) is 20.2. The van der Waals surface area contributed by atoms with Gasteiger partial charge in [-0.25, -0.2) is 9.79 Å². The van der Waals surface area contributed by atoms with Crippen molar-refractivity contribution < 1.29 is 23.1 Å². The molecule has 3 aliphatic rings. The molecule has 3 fully saturated rings. The monoisotopic (exact) mass is 533 g/mol. The van der Waals surface area contributed by atoms with Crippen LogP contribution >= 0.6 is 0 Å². The molecule has 0 bridgehead atoms. The highest BCUT2D eigenvalue weighted by atomic mass is 19.4. The summed E-state index contributed by atoms with van der Waals surface area (Å²) in [5.74, 6) is -0.905. The number of alkyl halides is 3. The third-order valence-electron chi connectivity index (χ3n) is 7.38. The van der Waals surface area contributed by atoms with Gasteiger partial charge in [-0.3, -0.25) is 9.78 Å². The van der Waals surface area contributed by atoms with Gasteiger partial charge in [0.25, 0.3) is 5.62 Å². The second-order valence-corrected chi connectivity index (χ2v) is 10.3. The van der Waals surface area contributed by atoms with E-state index in [2.05, 4.69) is 40.7 Å². The predicted octanol–water partition coefficient (Wildman–Crippen LogP) is 0.639. The van der Waals surface area contributed by atoms with E-state index < -0.39 is 23.2 Å². The maximum atomic E-state index is 13.2. The number of carbonyl (C=O) groups excluding carboxylic acids is 1. The molecule has 0 aliphatic heterocycles. The first kappa shape index (κ1) is 24.4. The Balaban J connectivity index is 1.20. The number of halogens is 3. The summed E-state index contributed by atoms with van der Waals surface area (Å²) in [6.07, 6.45) is 2.46. The van der Waals surface area contributed by atoms with Crippen LogP contribution in [0.15, 0.2) is 16.0 Å². The first-order valence-corrected chi connectivity index (χ1v) is 12.6. The van der Waals surface area contributed by atoms with Crippen molar-refractivity contribution in [2.75, 3.05) is 5.32 Å². The molecule has 0 radical (unpaired) electrons. The molecule has 0 aromatic carbocycles. The minimum Gasteiger partial charge on any atom is -0.493 e. The van der Waals surface area contributed by atoms with E-state index >= 15 is 0 Å². The first-order valence-electron chi connectivity index (χ1n) is 12.6. The number of H-pyrrole nitrogens is 2. The van der Waals surface area contributed by atoms with Gasteiger partial charge in [-0.15, -0.1) is 0 Å². The van der Waals surface area contributed by atoms with Gasteiger partial charge < -0.3 is 20.7 Å². The number of imidazole rings is 1. The zero-order valence-electron chi connectivity index (χ0n) is 20.2. The summed E-state index contributed by atoms with van der Waals surface area (Å²) >= 11 is 0. The molecular weight excluding hydrogens is 507 g/mol. The van der Waals surface area contributed by atoms with Crippen LogP contribution in [0.5, 0.6) is 5.88 Å². The lowest BCUT2D eigenvalue weighted by Crippen LogP contribution is -2.47. The number of amides is 1. The van der Waals surface area contributed by atoms with Gasteiger partial charge in [0.1, 0.15) is 11.1 Å². The van der Waals surface area contributed by atoms with Crippen molar-refractivity contribution in [2.24, 2.45) is 10.4 Å². The van der Waals surface area contributed by atoms with E-state index in [0.717, 1.165) is 12.8 Å². The Bertz CT molecular complexity index is 1560. The topological polar surface area (TPSA) is 165 Å². The minimum atomic E-state index is -4.52. The van der Waals surface area contributed by atoms with E-state index in [9.17, 15) is 27.9 Å². The van der Waals surface area contributed by atoms with Crippen molar-refractivity contribution in [3.05, 3.63) is 33.2 Å². The summed E-state index contributed by atoms with van der Waals surface area (Å²) in [5.41, 5.74) is -1.79. The molecule has 0 atom stereocenters. The zero-order chi connectivity index (χ0) is 26.7. The Morgan fingerprint density at radius 2 is 1.84 bits per heavy atom. The molecular formula is C23H26F3N9O3. The summed E-state index contributed by atoms with van der Waals surface area (Å²) in [6, 6.07) is -0.193. The highest BCUT2D eigenvalue weighted by molar-refractivity contribution is 5.86. The van der Waals surface area contributed by atoms with Gasteiger partial charge >= 0.3 is 11.9 Å². The molecule has 3 heterocycles. The maximum Gasteiger partial charge on any atom is 0.403 e. The predicted molar refractivity (Wildman–Crippen MR) is 127 cm³/mol. The lowest BCUT2D eigenvalue weighted by Gasteiger charge is -2.31. The molecule has 12 nitrogen and oxygen atoms in total. The largest absolute Gasteiger partial charge is 0.493 e. The number of carbonyl (C=O) groups is 1. The number of rotatable bonds is 6. The lowest BCUT2D eigenvalue weighted by atomic mass is 9.90. The smallest absolute Gasteiger partial charge is 0.403 e. The number of hydrogen-bond donors (Lipinski definition) is 5. The molecule has 3 aliphatic carbocycles. The van der Waals surface area contributed by atoms with Gasteiger partial charge in [-0.2, -0.15) is 32.8 Å². The van der Waals surface area contributed by atoms with Gasteiger partial charge in [-0.05, 0) is 57.4 Å². The Labute approximate surface area is 212 Å². The van der Waals surface area contributed by atoms with Gasteiger partial charge in [0.05, 0.1) is 12.2 Å². The highest BCUT2D eigenvalue weighted by Crippen LogP contribution is 2.57.